The topological polar surface area (TPSA) is 86.9 Å². The van der Waals surface area contributed by atoms with E-state index < -0.39 is 5.60 Å². The minimum absolute atomic E-state index is 0.157. The summed E-state index contributed by atoms with van der Waals surface area (Å²) in [7, 11) is 0. The van der Waals surface area contributed by atoms with Crippen LogP contribution in [0.25, 0.3) is 11.3 Å². The van der Waals surface area contributed by atoms with Gasteiger partial charge in [-0.3, -0.25) is 4.98 Å². The predicted octanol–water partition coefficient (Wildman–Crippen LogP) is 3.31. The van der Waals surface area contributed by atoms with E-state index in [0.29, 0.717) is 43.6 Å². The highest BCUT2D eigenvalue weighted by Gasteiger charge is 2.44. The predicted molar refractivity (Wildman–Crippen MR) is 100 cm³/mol. The Bertz CT molecular complexity index is 867. The van der Waals surface area contributed by atoms with Gasteiger partial charge < -0.3 is 23.6 Å². The van der Waals surface area contributed by atoms with Crippen molar-refractivity contribution < 1.29 is 23.5 Å². The largest absolute Gasteiger partial charge is 0.490 e. The molecule has 1 fully saturated rings. The van der Waals surface area contributed by atoms with Crippen LogP contribution < -0.4 is 9.47 Å². The molecule has 1 amide bonds. The van der Waals surface area contributed by atoms with Gasteiger partial charge in [0.05, 0.1) is 31.3 Å². The van der Waals surface area contributed by atoms with Crippen molar-refractivity contribution in [3.63, 3.8) is 0 Å². The lowest BCUT2D eigenvalue weighted by molar-refractivity contribution is -0.0428. The highest BCUT2D eigenvalue weighted by atomic mass is 16.6. The molecule has 8 heteroatoms. The second-order valence-electron chi connectivity index (χ2n) is 8.68. The average molecular weight is 387 g/mol. The number of rotatable bonds is 4. The minimum atomic E-state index is -0.498. The number of nitrogens with zero attached hydrogens (tertiary/aromatic N) is 3. The van der Waals surface area contributed by atoms with Crippen LogP contribution >= 0.6 is 0 Å². The lowest BCUT2D eigenvalue weighted by Crippen LogP contribution is -2.60. The van der Waals surface area contributed by atoms with Gasteiger partial charge in [0.25, 0.3) is 0 Å². The Morgan fingerprint density at radius 3 is 2.82 bits per heavy atom. The maximum absolute atomic E-state index is 12.2. The SMILES string of the molecule is CC1(COc2cnc3c(c2-c2ccno2)OCC3)CN(C(=O)OC(C)(C)C)C1. The number of ether oxygens (including phenoxy) is 3. The average Bonchev–Trinajstić information content (AvgIpc) is 3.26. The second-order valence-corrected chi connectivity index (χ2v) is 8.68. The number of likely N-dealkylation sites (tertiary alicyclic amines) is 1. The van der Waals surface area contributed by atoms with E-state index in [-0.39, 0.29) is 11.5 Å². The molecule has 0 atom stereocenters. The molecule has 4 rings (SSSR count). The van der Waals surface area contributed by atoms with Crippen LogP contribution in [-0.2, 0) is 11.2 Å². The Morgan fingerprint density at radius 2 is 2.14 bits per heavy atom. The first-order valence-electron chi connectivity index (χ1n) is 9.41. The maximum Gasteiger partial charge on any atom is 0.410 e. The number of hydrogen-bond donors (Lipinski definition) is 0. The van der Waals surface area contributed by atoms with Gasteiger partial charge in [0.15, 0.2) is 17.3 Å². The van der Waals surface area contributed by atoms with Crippen LogP contribution in [0, 0.1) is 5.41 Å². The standard InChI is InChI=1S/C20H25N3O5/c1-19(2,3)27-18(24)23-10-20(4,11-23)12-26-15-9-21-13-6-8-25-17(13)16(15)14-5-7-22-28-14/h5,7,9H,6,8,10-12H2,1-4H3. The van der Waals surface area contributed by atoms with E-state index in [1.165, 1.54) is 0 Å². The minimum Gasteiger partial charge on any atom is -0.490 e. The molecule has 0 aliphatic carbocycles. The number of carbonyl (C=O) groups excluding carboxylic acids is 1. The van der Waals surface area contributed by atoms with Gasteiger partial charge in [-0.05, 0) is 20.8 Å². The van der Waals surface area contributed by atoms with E-state index in [9.17, 15) is 4.79 Å². The van der Waals surface area contributed by atoms with E-state index in [4.69, 9.17) is 18.7 Å². The molecule has 0 radical (unpaired) electrons. The number of pyridine rings is 1. The fourth-order valence-electron chi connectivity index (χ4n) is 3.46. The summed E-state index contributed by atoms with van der Waals surface area (Å²) in [5.41, 5.74) is 0.980. The number of hydrogen-bond acceptors (Lipinski definition) is 7. The molecule has 0 saturated carbocycles. The second kappa shape index (κ2) is 6.68. The van der Waals surface area contributed by atoms with E-state index in [0.717, 1.165) is 17.7 Å². The van der Waals surface area contributed by atoms with Crippen LogP contribution in [0.1, 0.15) is 33.4 Å². The Kier molecular flexibility index (Phi) is 4.44. The first kappa shape index (κ1) is 18.6. The normalized spacial score (nSPS) is 17.5. The molecule has 0 aromatic carbocycles. The Labute approximate surface area is 163 Å². The fourth-order valence-corrected chi connectivity index (χ4v) is 3.46. The summed E-state index contributed by atoms with van der Waals surface area (Å²) in [6.07, 6.45) is 3.77. The zero-order valence-corrected chi connectivity index (χ0v) is 16.7. The van der Waals surface area contributed by atoms with Gasteiger partial charge in [-0.2, -0.15) is 0 Å². The van der Waals surface area contributed by atoms with Crippen LogP contribution in [0.3, 0.4) is 0 Å². The first-order chi connectivity index (χ1) is 13.2. The van der Waals surface area contributed by atoms with Crippen LogP contribution in [0.2, 0.25) is 0 Å². The van der Waals surface area contributed by atoms with E-state index in [1.807, 2.05) is 20.8 Å². The Morgan fingerprint density at radius 1 is 1.36 bits per heavy atom. The molecule has 2 aromatic rings. The Hall–Kier alpha value is -2.77. The molecule has 2 aromatic heterocycles. The van der Waals surface area contributed by atoms with Crippen LogP contribution in [0.5, 0.6) is 11.5 Å². The Balaban J connectivity index is 1.45. The molecule has 2 aliphatic heterocycles. The molecule has 28 heavy (non-hydrogen) atoms. The molecule has 4 heterocycles. The van der Waals surface area contributed by atoms with Crippen molar-refractivity contribution in [1.29, 1.82) is 0 Å². The number of amides is 1. The first-order valence-corrected chi connectivity index (χ1v) is 9.41. The summed E-state index contributed by atoms with van der Waals surface area (Å²) in [4.78, 5) is 18.3. The van der Waals surface area contributed by atoms with E-state index >= 15 is 0 Å². The number of carbonyl (C=O) groups is 1. The monoisotopic (exact) mass is 387 g/mol. The zero-order chi connectivity index (χ0) is 19.9. The smallest absolute Gasteiger partial charge is 0.410 e. The third-order valence-corrected chi connectivity index (χ3v) is 4.72. The zero-order valence-electron chi connectivity index (χ0n) is 16.7. The molecular weight excluding hydrogens is 362 g/mol. The van der Waals surface area contributed by atoms with Crippen LogP contribution in [0.4, 0.5) is 4.79 Å². The van der Waals surface area contributed by atoms with Gasteiger partial charge >= 0.3 is 6.09 Å². The molecule has 1 saturated heterocycles. The van der Waals surface area contributed by atoms with E-state index in [2.05, 4.69) is 17.1 Å². The van der Waals surface area contributed by atoms with Gasteiger partial charge in [-0.15, -0.1) is 0 Å². The third-order valence-electron chi connectivity index (χ3n) is 4.72. The van der Waals surface area contributed by atoms with Crippen molar-refractivity contribution >= 4 is 6.09 Å². The molecule has 0 spiro atoms. The van der Waals surface area contributed by atoms with Gasteiger partial charge in [0.2, 0.25) is 0 Å². The number of aromatic nitrogens is 2. The van der Waals surface area contributed by atoms with Crippen molar-refractivity contribution in [2.75, 3.05) is 26.3 Å². The van der Waals surface area contributed by atoms with Gasteiger partial charge in [-0.1, -0.05) is 12.1 Å². The molecular formula is C20H25N3O5. The molecule has 150 valence electrons. The summed E-state index contributed by atoms with van der Waals surface area (Å²) in [6, 6.07) is 1.78. The van der Waals surface area contributed by atoms with Gasteiger partial charge in [0.1, 0.15) is 11.2 Å². The molecule has 0 N–H and O–H groups in total. The summed E-state index contributed by atoms with van der Waals surface area (Å²) < 4.78 is 22.6. The highest BCUT2D eigenvalue weighted by Crippen LogP contribution is 2.43. The van der Waals surface area contributed by atoms with E-state index in [1.54, 1.807) is 23.4 Å². The molecule has 0 bridgehead atoms. The van der Waals surface area contributed by atoms with Crippen molar-refractivity contribution in [1.82, 2.24) is 15.0 Å². The van der Waals surface area contributed by atoms with Crippen molar-refractivity contribution in [3.8, 4) is 22.8 Å². The molecule has 2 aliphatic rings. The quantitative estimate of drug-likeness (QED) is 0.795. The van der Waals surface area contributed by atoms with Gasteiger partial charge in [0, 0.05) is 31.0 Å². The summed E-state index contributed by atoms with van der Waals surface area (Å²) in [6.45, 7) is 9.86. The van der Waals surface area contributed by atoms with Crippen molar-refractivity contribution in [2.24, 2.45) is 5.41 Å². The summed E-state index contributed by atoms with van der Waals surface area (Å²) in [5, 5.41) is 3.80. The summed E-state index contributed by atoms with van der Waals surface area (Å²) >= 11 is 0. The fraction of sp³-hybridized carbons (Fsp3) is 0.550. The van der Waals surface area contributed by atoms with Crippen molar-refractivity contribution in [3.05, 3.63) is 24.2 Å². The lowest BCUT2D eigenvalue weighted by Gasteiger charge is -2.47. The maximum atomic E-state index is 12.2. The van der Waals surface area contributed by atoms with Crippen molar-refractivity contribution in [2.45, 2.75) is 39.7 Å². The summed E-state index contributed by atoms with van der Waals surface area (Å²) in [5.74, 6) is 1.88. The highest BCUT2D eigenvalue weighted by molar-refractivity contribution is 5.74. The van der Waals surface area contributed by atoms with Gasteiger partial charge in [-0.25, -0.2) is 4.79 Å². The number of fused-ring (bicyclic) bond motifs is 1. The molecule has 0 unspecified atom stereocenters. The van der Waals surface area contributed by atoms with Crippen LogP contribution in [0.15, 0.2) is 23.0 Å². The van der Waals surface area contributed by atoms with Crippen LogP contribution in [-0.4, -0.2) is 53.0 Å². The molecule has 8 nitrogen and oxygen atoms in total. The lowest BCUT2D eigenvalue weighted by atomic mass is 9.83. The third kappa shape index (κ3) is 3.63.